The predicted molar refractivity (Wildman–Crippen MR) is 125 cm³/mol. The number of carbonyl (C=O) groups excluding carboxylic acids is 2. The third-order valence-electron chi connectivity index (χ3n) is 5.26. The number of esters is 1. The molecule has 0 saturated heterocycles. The maximum absolute atomic E-state index is 12.9. The maximum atomic E-state index is 12.9. The normalized spacial score (nSPS) is 12.6. The number of aryl methyl sites for hydroxylation is 1. The molecule has 3 rings (SSSR count). The van der Waals surface area contributed by atoms with E-state index < -0.39 is 17.9 Å². The van der Waals surface area contributed by atoms with Gasteiger partial charge in [0.1, 0.15) is 12.9 Å². The second-order valence-electron chi connectivity index (χ2n) is 7.67. The minimum Gasteiger partial charge on any atom is -0.469 e. The Morgan fingerprint density at radius 2 is 2.00 bits per heavy atom. The summed E-state index contributed by atoms with van der Waals surface area (Å²) in [5.74, 6) is -1.27. The van der Waals surface area contributed by atoms with Crippen molar-refractivity contribution in [2.24, 2.45) is 18.7 Å². The summed E-state index contributed by atoms with van der Waals surface area (Å²) in [4.78, 5) is 25.9. The first-order chi connectivity index (χ1) is 15.3. The van der Waals surface area contributed by atoms with Gasteiger partial charge in [-0.15, -0.1) is 11.3 Å². The van der Waals surface area contributed by atoms with Crippen molar-refractivity contribution in [3.63, 3.8) is 0 Å². The summed E-state index contributed by atoms with van der Waals surface area (Å²) in [5.41, 5.74) is 8.99. The highest BCUT2D eigenvalue weighted by molar-refractivity contribution is 7.12. The van der Waals surface area contributed by atoms with Crippen molar-refractivity contribution in [3.05, 3.63) is 76.2 Å². The standard InChI is InChI=1S/C24H26N4O3S/c1-15(20(24(30)31-3)11-16-6-4-7-17(10-16)22(25)26)27-23(29)21-12-19(14-32-21)18-8-5-9-28(2)13-18/h4-10,12-15,20H,11H2,1-3H3,(H3-,25,26,27,29)/p+1/t15?,20-/m0/s1. The van der Waals surface area contributed by atoms with E-state index in [1.807, 2.05) is 53.7 Å². The van der Waals surface area contributed by atoms with Crippen LogP contribution >= 0.6 is 11.3 Å². The fraction of sp³-hybridized carbons (Fsp3) is 0.250. The average molecular weight is 452 g/mol. The van der Waals surface area contributed by atoms with Crippen LogP contribution in [-0.4, -0.2) is 30.9 Å². The Labute approximate surface area is 191 Å². The molecule has 7 nitrogen and oxygen atoms in total. The third-order valence-corrected chi connectivity index (χ3v) is 6.19. The largest absolute Gasteiger partial charge is 0.469 e. The Hall–Kier alpha value is -3.52. The van der Waals surface area contributed by atoms with E-state index in [9.17, 15) is 9.59 Å². The van der Waals surface area contributed by atoms with Gasteiger partial charge in [0.05, 0.1) is 17.9 Å². The molecule has 8 heteroatoms. The zero-order chi connectivity index (χ0) is 23.3. The first-order valence-corrected chi connectivity index (χ1v) is 11.0. The predicted octanol–water partition coefficient (Wildman–Crippen LogP) is 2.67. The lowest BCUT2D eigenvalue weighted by Gasteiger charge is -2.23. The number of amides is 1. The number of benzene rings is 1. The van der Waals surface area contributed by atoms with Crippen LogP contribution in [-0.2, 0) is 23.0 Å². The number of hydrogen-bond donors (Lipinski definition) is 3. The number of amidine groups is 1. The lowest BCUT2D eigenvalue weighted by atomic mass is 9.92. The molecule has 1 amide bonds. The number of ether oxygens (including phenoxy) is 1. The Kier molecular flexibility index (Phi) is 7.37. The average Bonchev–Trinajstić information content (AvgIpc) is 3.27. The van der Waals surface area contributed by atoms with E-state index in [1.165, 1.54) is 18.4 Å². The lowest BCUT2D eigenvalue weighted by molar-refractivity contribution is -0.671. The number of nitrogens with zero attached hydrogens (tertiary/aromatic N) is 1. The summed E-state index contributed by atoms with van der Waals surface area (Å²) >= 11 is 1.36. The molecule has 2 atom stereocenters. The first-order valence-electron chi connectivity index (χ1n) is 10.1. The molecule has 3 aromatic rings. The highest BCUT2D eigenvalue weighted by Crippen LogP contribution is 2.25. The number of aromatic nitrogens is 1. The van der Waals surface area contributed by atoms with Crippen molar-refractivity contribution >= 4 is 29.0 Å². The molecule has 0 bridgehead atoms. The zero-order valence-electron chi connectivity index (χ0n) is 18.3. The quantitative estimate of drug-likeness (QED) is 0.212. The molecule has 32 heavy (non-hydrogen) atoms. The fourth-order valence-electron chi connectivity index (χ4n) is 3.48. The van der Waals surface area contributed by atoms with Gasteiger partial charge in [-0.1, -0.05) is 18.2 Å². The Balaban J connectivity index is 1.74. The summed E-state index contributed by atoms with van der Waals surface area (Å²) in [6.45, 7) is 1.79. The molecule has 166 valence electrons. The number of thiophene rings is 1. The van der Waals surface area contributed by atoms with Crippen LogP contribution in [0.25, 0.3) is 11.1 Å². The van der Waals surface area contributed by atoms with Gasteiger partial charge in [-0.3, -0.25) is 15.0 Å². The smallest absolute Gasteiger partial charge is 0.311 e. The van der Waals surface area contributed by atoms with E-state index in [0.717, 1.165) is 16.7 Å². The number of hydrogen-bond acceptors (Lipinski definition) is 5. The first kappa shape index (κ1) is 23.1. The number of rotatable bonds is 8. The van der Waals surface area contributed by atoms with Gasteiger partial charge >= 0.3 is 5.97 Å². The second kappa shape index (κ2) is 10.2. The van der Waals surface area contributed by atoms with Crippen molar-refractivity contribution in [1.29, 1.82) is 5.41 Å². The number of methoxy groups -OCH3 is 1. The zero-order valence-corrected chi connectivity index (χ0v) is 19.1. The number of nitrogens with one attached hydrogen (secondary N) is 2. The molecule has 4 N–H and O–H groups in total. The lowest BCUT2D eigenvalue weighted by Crippen LogP contribution is -2.42. The van der Waals surface area contributed by atoms with Gasteiger partial charge in [0.25, 0.3) is 5.91 Å². The van der Waals surface area contributed by atoms with E-state index in [2.05, 4.69) is 5.32 Å². The summed E-state index contributed by atoms with van der Waals surface area (Å²) < 4.78 is 6.94. The highest BCUT2D eigenvalue weighted by atomic mass is 32.1. The van der Waals surface area contributed by atoms with E-state index in [1.54, 1.807) is 25.1 Å². The molecule has 0 aliphatic carbocycles. The summed E-state index contributed by atoms with van der Waals surface area (Å²) in [6.07, 6.45) is 4.30. The van der Waals surface area contributed by atoms with Crippen LogP contribution in [0.2, 0.25) is 0 Å². The van der Waals surface area contributed by atoms with Crippen LogP contribution in [0.5, 0.6) is 0 Å². The van der Waals surface area contributed by atoms with Gasteiger partial charge in [-0.05, 0) is 48.1 Å². The molecule has 2 aromatic heterocycles. The monoisotopic (exact) mass is 451 g/mol. The fourth-order valence-corrected chi connectivity index (χ4v) is 4.30. The molecule has 2 heterocycles. The van der Waals surface area contributed by atoms with Crippen LogP contribution in [0.1, 0.15) is 27.7 Å². The van der Waals surface area contributed by atoms with Crippen LogP contribution in [0.4, 0.5) is 0 Å². The van der Waals surface area contributed by atoms with E-state index >= 15 is 0 Å². The molecule has 0 aliphatic rings. The van der Waals surface area contributed by atoms with Crippen molar-refractivity contribution < 1.29 is 18.9 Å². The van der Waals surface area contributed by atoms with E-state index in [0.29, 0.717) is 16.9 Å². The van der Waals surface area contributed by atoms with Gasteiger partial charge < -0.3 is 15.8 Å². The van der Waals surface area contributed by atoms with Crippen LogP contribution in [0.15, 0.2) is 60.2 Å². The van der Waals surface area contributed by atoms with Crippen LogP contribution in [0.3, 0.4) is 0 Å². The number of pyridine rings is 1. The van der Waals surface area contributed by atoms with Crippen molar-refractivity contribution in [1.82, 2.24) is 5.32 Å². The Bertz CT molecular complexity index is 1140. The topological polar surface area (TPSA) is 109 Å². The van der Waals surface area contributed by atoms with Crippen molar-refractivity contribution in [2.45, 2.75) is 19.4 Å². The van der Waals surface area contributed by atoms with E-state index in [-0.39, 0.29) is 11.7 Å². The van der Waals surface area contributed by atoms with Crippen molar-refractivity contribution in [3.8, 4) is 11.1 Å². The minimum absolute atomic E-state index is 0.0386. The minimum atomic E-state index is -0.584. The van der Waals surface area contributed by atoms with Crippen molar-refractivity contribution in [2.75, 3.05) is 7.11 Å². The molecular formula is C24H27N4O3S+. The van der Waals surface area contributed by atoms with Gasteiger partial charge in [-0.25, -0.2) is 4.57 Å². The summed E-state index contributed by atoms with van der Waals surface area (Å²) in [6, 6.07) is 12.5. The summed E-state index contributed by atoms with van der Waals surface area (Å²) in [5, 5.41) is 12.5. The number of nitrogens with two attached hydrogens (primary N) is 1. The van der Waals surface area contributed by atoms with Crippen LogP contribution in [0, 0.1) is 11.3 Å². The molecule has 1 aromatic carbocycles. The second-order valence-corrected chi connectivity index (χ2v) is 8.58. The van der Waals surface area contributed by atoms with Gasteiger partial charge in [-0.2, -0.15) is 0 Å². The third kappa shape index (κ3) is 5.59. The molecule has 0 fully saturated rings. The SMILES string of the molecule is COC(=O)[C@@H](Cc1cccc(C(=N)N)c1)C(C)NC(=O)c1cc(-c2ccc[n+](C)c2)cs1. The molecular weight excluding hydrogens is 424 g/mol. The molecule has 0 aliphatic heterocycles. The van der Waals surface area contributed by atoms with Gasteiger partial charge in [0.2, 0.25) is 0 Å². The highest BCUT2D eigenvalue weighted by Gasteiger charge is 2.28. The molecule has 1 unspecified atom stereocenters. The van der Waals surface area contributed by atoms with E-state index in [4.69, 9.17) is 15.9 Å². The Morgan fingerprint density at radius 3 is 2.69 bits per heavy atom. The molecule has 0 saturated carbocycles. The maximum Gasteiger partial charge on any atom is 0.311 e. The molecule has 0 spiro atoms. The molecule has 0 radical (unpaired) electrons. The summed E-state index contributed by atoms with van der Waals surface area (Å²) in [7, 11) is 3.28. The van der Waals surface area contributed by atoms with Gasteiger partial charge in [0.15, 0.2) is 12.4 Å². The number of nitrogen functional groups attached to an aromatic ring is 1. The number of carbonyl (C=O) groups is 2. The van der Waals surface area contributed by atoms with Crippen LogP contribution < -0.4 is 15.6 Å². The van der Waals surface area contributed by atoms with Gasteiger partial charge in [0, 0.05) is 23.2 Å². The Morgan fingerprint density at radius 1 is 1.22 bits per heavy atom.